The van der Waals surface area contributed by atoms with Crippen molar-refractivity contribution in [1.29, 1.82) is 0 Å². The summed E-state index contributed by atoms with van der Waals surface area (Å²) >= 11 is 15.8. The van der Waals surface area contributed by atoms with E-state index in [2.05, 4.69) is 15.9 Å². The number of benzene rings is 3. The highest BCUT2D eigenvalue weighted by Gasteiger charge is 2.08. The molecule has 0 aliphatic rings. The molecule has 0 heterocycles. The van der Waals surface area contributed by atoms with Crippen LogP contribution in [0.1, 0.15) is 5.56 Å². The summed E-state index contributed by atoms with van der Waals surface area (Å²) in [7, 11) is 0. The molecule has 0 N–H and O–H groups in total. The minimum absolute atomic E-state index is 0.683. The topological polar surface area (TPSA) is 9.23 Å². The lowest BCUT2D eigenvalue weighted by Gasteiger charge is -2.11. The summed E-state index contributed by atoms with van der Waals surface area (Å²) in [5.41, 5.74) is 1.03. The van der Waals surface area contributed by atoms with Gasteiger partial charge in [0.15, 0.2) is 0 Å². The standard InChI is InChI=1S/C17H11BrCl2O/c18-10-11-5-6-12(9-16(11)20)21-17-8-7-15(19)13-3-1-2-4-14(13)17/h1-9H,10H2. The normalized spacial score (nSPS) is 10.8. The van der Waals surface area contributed by atoms with E-state index in [-0.39, 0.29) is 0 Å². The fourth-order valence-corrected chi connectivity index (χ4v) is 3.27. The third kappa shape index (κ3) is 3.03. The fraction of sp³-hybridized carbons (Fsp3) is 0.0588. The van der Waals surface area contributed by atoms with E-state index in [4.69, 9.17) is 27.9 Å². The average molecular weight is 382 g/mol. The Morgan fingerprint density at radius 2 is 1.62 bits per heavy atom. The predicted octanol–water partition coefficient (Wildman–Crippen LogP) is 6.83. The van der Waals surface area contributed by atoms with E-state index in [1.54, 1.807) is 0 Å². The molecule has 0 bridgehead atoms. The minimum Gasteiger partial charge on any atom is -0.457 e. The summed E-state index contributed by atoms with van der Waals surface area (Å²) in [6.45, 7) is 0. The van der Waals surface area contributed by atoms with Gasteiger partial charge in [0.1, 0.15) is 11.5 Å². The van der Waals surface area contributed by atoms with Crippen LogP contribution in [0.15, 0.2) is 54.6 Å². The maximum atomic E-state index is 6.21. The minimum atomic E-state index is 0.683. The monoisotopic (exact) mass is 380 g/mol. The SMILES string of the molecule is Clc1cc(Oc2ccc(Cl)c3ccccc23)ccc1CBr. The van der Waals surface area contributed by atoms with Crippen LogP contribution in [0.5, 0.6) is 11.5 Å². The zero-order valence-corrected chi connectivity index (χ0v) is 14.0. The van der Waals surface area contributed by atoms with Crippen LogP contribution in [0.4, 0.5) is 0 Å². The molecule has 106 valence electrons. The van der Waals surface area contributed by atoms with Crippen LogP contribution in [0, 0.1) is 0 Å². The summed E-state index contributed by atoms with van der Waals surface area (Å²) in [5, 5.41) is 4.06. The third-order valence-electron chi connectivity index (χ3n) is 3.23. The molecule has 0 saturated carbocycles. The van der Waals surface area contributed by atoms with Crippen molar-refractivity contribution >= 4 is 49.9 Å². The van der Waals surface area contributed by atoms with Crippen molar-refractivity contribution in [2.45, 2.75) is 5.33 Å². The van der Waals surface area contributed by atoms with Crippen molar-refractivity contribution in [3.05, 3.63) is 70.2 Å². The van der Waals surface area contributed by atoms with Gasteiger partial charge in [0.2, 0.25) is 0 Å². The number of hydrogen-bond donors (Lipinski definition) is 0. The molecule has 3 rings (SSSR count). The number of alkyl halides is 1. The van der Waals surface area contributed by atoms with Crippen molar-refractivity contribution < 1.29 is 4.74 Å². The molecule has 0 amide bonds. The molecule has 0 unspecified atom stereocenters. The van der Waals surface area contributed by atoms with Crippen molar-refractivity contribution in [2.75, 3.05) is 0 Å². The van der Waals surface area contributed by atoms with Gasteiger partial charge in [-0.2, -0.15) is 0 Å². The number of fused-ring (bicyclic) bond motifs is 1. The van der Waals surface area contributed by atoms with Gasteiger partial charge in [-0.25, -0.2) is 0 Å². The van der Waals surface area contributed by atoms with Crippen LogP contribution >= 0.6 is 39.1 Å². The molecule has 0 radical (unpaired) electrons. The molecule has 0 fully saturated rings. The highest BCUT2D eigenvalue weighted by molar-refractivity contribution is 9.08. The molecule has 0 aliphatic carbocycles. The summed E-state index contributed by atoms with van der Waals surface area (Å²) in [4.78, 5) is 0. The molecule has 4 heteroatoms. The lowest BCUT2D eigenvalue weighted by atomic mass is 10.1. The van der Waals surface area contributed by atoms with E-state index in [1.807, 2.05) is 54.6 Å². The first-order valence-electron chi connectivity index (χ1n) is 6.38. The van der Waals surface area contributed by atoms with Gasteiger partial charge in [-0.05, 0) is 29.8 Å². The smallest absolute Gasteiger partial charge is 0.135 e. The van der Waals surface area contributed by atoms with Crippen LogP contribution in [0.3, 0.4) is 0 Å². The Balaban J connectivity index is 2.02. The van der Waals surface area contributed by atoms with E-state index in [9.17, 15) is 0 Å². The molecule has 3 aromatic carbocycles. The zero-order chi connectivity index (χ0) is 14.8. The zero-order valence-electron chi connectivity index (χ0n) is 10.9. The van der Waals surface area contributed by atoms with E-state index < -0.39 is 0 Å². The van der Waals surface area contributed by atoms with Gasteiger partial charge >= 0.3 is 0 Å². The van der Waals surface area contributed by atoms with Gasteiger partial charge < -0.3 is 4.74 Å². The molecule has 0 aromatic heterocycles. The molecule has 0 saturated heterocycles. The highest BCUT2D eigenvalue weighted by atomic mass is 79.9. The fourth-order valence-electron chi connectivity index (χ4n) is 2.15. The summed E-state index contributed by atoms with van der Waals surface area (Å²) in [6.07, 6.45) is 0. The number of rotatable bonds is 3. The van der Waals surface area contributed by atoms with Crippen molar-refractivity contribution in [3.8, 4) is 11.5 Å². The van der Waals surface area contributed by atoms with Crippen LogP contribution in [0.25, 0.3) is 10.8 Å². The summed E-state index contributed by atoms with van der Waals surface area (Å²) in [6, 6.07) is 17.3. The second-order valence-electron chi connectivity index (χ2n) is 4.58. The van der Waals surface area contributed by atoms with E-state index in [0.717, 1.165) is 27.4 Å². The Morgan fingerprint density at radius 3 is 2.33 bits per heavy atom. The van der Waals surface area contributed by atoms with Crippen molar-refractivity contribution in [3.63, 3.8) is 0 Å². The van der Waals surface area contributed by atoms with Crippen LogP contribution < -0.4 is 4.74 Å². The van der Waals surface area contributed by atoms with Gasteiger partial charge in [0.05, 0.1) is 0 Å². The van der Waals surface area contributed by atoms with Crippen molar-refractivity contribution in [1.82, 2.24) is 0 Å². The van der Waals surface area contributed by atoms with Crippen LogP contribution in [-0.2, 0) is 5.33 Å². The third-order valence-corrected chi connectivity index (χ3v) is 4.51. The van der Waals surface area contributed by atoms with E-state index in [0.29, 0.717) is 15.8 Å². The Bertz CT molecular complexity index is 802. The first kappa shape index (κ1) is 14.7. The van der Waals surface area contributed by atoms with E-state index in [1.165, 1.54) is 0 Å². The average Bonchev–Trinajstić information content (AvgIpc) is 2.51. The maximum absolute atomic E-state index is 6.21. The van der Waals surface area contributed by atoms with E-state index >= 15 is 0 Å². The van der Waals surface area contributed by atoms with Gasteiger partial charge in [-0.1, -0.05) is 69.5 Å². The first-order chi connectivity index (χ1) is 10.2. The lowest BCUT2D eigenvalue weighted by molar-refractivity contribution is 0.488. The first-order valence-corrected chi connectivity index (χ1v) is 8.26. The molecule has 0 atom stereocenters. The van der Waals surface area contributed by atoms with Crippen LogP contribution in [0.2, 0.25) is 10.0 Å². The Kier molecular flexibility index (Phi) is 4.39. The number of hydrogen-bond acceptors (Lipinski definition) is 1. The Hall–Kier alpha value is -1.22. The molecule has 21 heavy (non-hydrogen) atoms. The largest absolute Gasteiger partial charge is 0.457 e. The van der Waals surface area contributed by atoms with Gasteiger partial charge in [-0.3, -0.25) is 0 Å². The highest BCUT2D eigenvalue weighted by Crippen LogP contribution is 2.35. The molecule has 0 spiro atoms. The van der Waals surface area contributed by atoms with Gasteiger partial charge in [0.25, 0.3) is 0 Å². The van der Waals surface area contributed by atoms with Crippen molar-refractivity contribution in [2.24, 2.45) is 0 Å². The summed E-state index contributed by atoms with van der Waals surface area (Å²) in [5.74, 6) is 1.47. The van der Waals surface area contributed by atoms with Gasteiger partial charge in [0, 0.05) is 26.1 Å². The Morgan fingerprint density at radius 1 is 0.857 bits per heavy atom. The van der Waals surface area contributed by atoms with Gasteiger partial charge in [-0.15, -0.1) is 0 Å². The predicted molar refractivity (Wildman–Crippen MR) is 93.1 cm³/mol. The second kappa shape index (κ2) is 6.27. The second-order valence-corrected chi connectivity index (χ2v) is 5.96. The lowest BCUT2D eigenvalue weighted by Crippen LogP contribution is -1.88. The number of halogens is 3. The number of ether oxygens (including phenoxy) is 1. The van der Waals surface area contributed by atoms with Crippen LogP contribution in [-0.4, -0.2) is 0 Å². The molecule has 3 aromatic rings. The summed E-state index contributed by atoms with van der Waals surface area (Å²) < 4.78 is 5.97. The molecule has 1 nitrogen and oxygen atoms in total. The molecule has 0 aliphatic heterocycles. The Labute approximate surface area is 141 Å². The molecular weight excluding hydrogens is 371 g/mol. The maximum Gasteiger partial charge on any atom is 0.135 e. The quantitative estimate of drug-likeness (QED) is 0.451. The molecular formula is C17H11BrCl2O.